The number of rotatable bonds is 8. The third-order valence-corrected chi connectivity index (χ3v) is 6.47. The lowest BCUT2D eigenvalue weighted by atomic mass is 9.91. The van der Waals surface area contributed by atoms with Crippen molar-refractivity contribution in [2.45, 2.75) is 44.7 Å². The predicted octanol–water partition coefficient (Wildman–Crippen LogP) is 3.07. The lowest BCUT2D eigenvalue weighted by Crippen LogP contribution is -2.44. The minimum atomic E-state index is -0.752. The van der Waals surface area contributed by atoms with Gasteiger partial charge in [0.25, 0.3) is 0 Å². The van der Waals surface area contributed by atoms with Crippen LogP contribution in [-0.2, 0) is 11.3 Å². The van der Waals surface area contributed by atoms with Crippen LogP contribution < -0.4 is 15.5 Å². The van der Waals surface area contributed by atoms with Crippen LogP contribution in [0.3, 0.4) is 0 Å². The van der Waals surface area contributed by atoms with Gasteiger partial charge in [-0.25, -0.2) is 0 Å². The fourth-order valence-corrected chi connectivity index (χ4v) is 4.59. The first-order chi connectivity index (χ1) is 17.3. The molecule has 1 aliphatic rings. The van der Waals surface area contributed by atoms with Gasteiger partial charge in [0.1, 0.15) is 5.76 Å². The summed E-state index contributed by atoms with van der Waals surface area (Å²) in [6.07, 6.45) is 5.20. The molecule has 190 valence electrons. The third-order valence-electron chi connectivity index (χ3n) is 6.47. The van der Waals surface area contributed by atoms with Crippen molar-refractivity contribution in [1.82, 2.24) is 15.2 Å². The van der Waals surface area contributed by atoms with E-state index in [0.717, 1.165) is 38.0 Å². The zero-order valence-corrected chi connectivity index (χ0v) is 20.4. The molecule has 36 heavy (non-hydrogen) atoms. The van der Waals surface area contributed by atoms with E-state index < -0.39 is 17.1 Å². The molecule has 0 spiro atoms. The number of hydrogen-bond donors (Lipinski definition) is 3. The summed E-state index contributed by atoms with van der Waals surface area (Å²) < 4.78 is 10.9. The Morgan fingerprint density at radius 1 is 1.25 bits per heavy atom. The molecule has 0 radical (unpaired) electrons. The highest BCUT2D eigenvalue weighted by molar-refractivity contribution is 5.78. The highest BCUT2D eigenvalue weighted by Gasteiger charge is 2.28. The van der Waals surface area contributed by atoms with Crippen LogP contribution in [0, 0.1) is 6.92 Å². The molecule has 3 heterocycles. The Balaban J connectivity index is 1.47. The Morgan fingerprint density at radius 2 is 2.03 bits per heavy atom. The van der Waals surface area contributed by atoms with Gasteiger partial charge < -0.3 is 24.7 Å². The molecule has 0 aliphatic carbocycles. The fourth-order valence-electron chi connectivity index (χ4n) is 4.59. The molecule has 3 aromatic rings. The maximum atomic E-state index is 13.1. The van der Waals surface area contributed by atoms with Crippen LogP contribution >= 0.6 is 0 Å². The van der Waals surface area contributed by atoms with Crippen LogP contribution in [0.15, 0.2) is 58.0 Å². The highest BCUT2D eigenvalue weighted by Crippen LogP contribution is 2.37. The van der Waals surface area contributed by atoms with Gasteiger partial charge in [-0.1, -0.05) is 12.1 Å². The lowest BCUT2D eigenvalue weighted by Gasteiger charge is -2.32. The van der Waals surface area contributed by atoms with Crippen LogP contribution in [0.2, 0.25) is 0 Å². The second-order valence-electron chi connectivity index (χ2n) is 9.10. The number of nitrogens with one attached hydrogen (secondary N) is 1. The molecular formula is C27H31N3O6. The molecule has 9 heteroatoms. The minimum Gasteiger partial charge on any atom is -0.504 e. The quantitative estimate of drug-likeness (QED) is 0.437. The molecular weight excluding hydrogens is 462 g/mol. The summed E-state index contributed by atoms with van der Waals surface area (Å²) >= 11 is 0. The van der Waals surface area contributed by atoms with E-state index in [-0.39, 0.29) is 35.6 Å². The summed E-state index contributed by atoms with van der Waals surface area (Å²) in [7, 11) is 1.42. The number of carbonyl (C=O) groups is 1. The van der Waals surface area contributed by atoms with Crippen LogP contribution in [0.5, 0.6) is 17.2 Å². The van der Waals surface area contributed by atoms with E-state index >= 15 is 0 Å². The number of piperidine rings is 1. The van der Waals surface area contributed by atoms with Crippen LogP contribution in [-0.4, -0.2) is 52.2 Å². The number of benzene rings is 1. The number of methoxy groups -OCH3 is 1. The molecule has 4 rings (SSSR count). The number of phenolic OH excluding ortho intramolecular Hbond substituents is 1. The van der Waals surface area contributed by atoms with E-state index in [2.05, 4.69) is 21.3 Å². The zero-order chi connectivity index (χ0) is 25.7. The van der Waals surface area contributed by atoms with Gasteiger partial charge in [-0.3, -0.25) is 19.5 Å². The van der Waals surface area contributed by atoms with Crippen LogP contribution in [0.25, 0.3) is 0 Å². The number of hydrogen-bond acceptors (Lipinski definition) is 8. The predicted molar refractivity (Wildman–Crippen MR) is 133 cm³/mol. The van der Waals surface area contributed by atoms with Crippen LogP contribution in [0.4, 0.5) is 0 Å². The standard InChI is InChI=1S/C27H31N3O6/c1-17-12-23(32)26(34)27(36-17)21(19-5-6-22(31)24(13-19)35-2)14-25(33)29-20-7-10-30(11-8-20)16-18-4-3-9-28-15-18/h3-6,9,12-13,15,20-21,31,34H,7-8,10-11,14,16H2,1-2H3,(H,29,33)/t21-/m0/s1. The molecule has 3 N–H and O–H groups in total. The van der Waals surface area contributed by atoms with E-state index in [9.17, 15) is 19.8 Å². The topological polar surface area (TPSA) is 125 Å². The second kappa shape index (κ2) is 11.3. The van der Waals surface area contributed by atoms with Crippen molar-refractivity contribution in [2.24, 2.45) is 0 Å². The first-order valence-corrected chi connectivity index (χ1v) is 11.9. The van der Waals surface area contributed by atoms with Gasteiger partial charge in [0.15, 0.2) is 17.3 Å². The van der Waals surface area contributed by atoms with Gasteiger partial charge in [0, 0.05) is 50.6 Å². The average molecular weight is 494 g/mol. The molecule has 1 fully saturated rings. The van der Waals surface area contributed by atoms with Crippen molar-refractivity contribution >= 4 is 5.91 Å². The van der Waals surface area contributed by atoms with Crippen molar-refractivity contribution in [3.8, 4) is 17.2 Å². The van der Waals surface area contributed by atoms with Crippen LogP contribution in [0.1, 0.15) is 47.8 Å². The monoisotopic (exact) mass is 493 g/mol. The maximum absolute atomic E-state index is 13.1. The zero-order valence-electron chi connectivity index (χ0n) is 20.4. The van der Waals surface area contributed by atoms with Gasteiger partial charge in [0.2, 0.25) is 17.1 Å². The highest BCUT2D eigenvalue weighted by atomic mass is 16.5. The minimum absolute atomic E-state index is 0.00850. The molecule has 9 nitrogen and oxygen atoms in total. The summed E-state index contributed by atoms with van der Waals surface area (Å²) in [6.45, 7) is 4.14. The van der Waals surface area contributed by atoms with Gasteiger partial charge in [-0.15, -0.1) is 0 Å². The summed E-state index contributed by atoms with van der Waals surface area (Å²) in [5.41, 5.74) is 1.15. The van der Waals surface area contributed by atoms with Crippen molar-refractivity contribution in [1.29, 1.82) is 0 Å². The number of aromatic hydroxyl groups is 2. The molecule has 0 unspecified atom stereocenters. The van der Waals surface area contributed by atoms with Crippen molar-refractivity contribution in [2.75, 3.05) is 20.2 Å². The summed E-state index contributed by atoms with van der Waals surface area (Å²) in [5, 5.41) is 23.6. The average Bonchev–Trinajstić information content (AvgIpc) is 2.87. The molecule has 2 aromatic heterocycles. The fraction of sp³-hybridized carbons (Fsp3) is 0.370. The number of ether oxygens (including phenoxy) is 1. The summed E-state index contributed by atoms with van der Waals surface area (Å²) in [4.78, 5) is 31.9. The first kappa shape index (κ1) is 25.2. The Morgan fingerprint density at radius 3 is 2.72 bits per heavy atom. The van der Waals surface area contributed by atoms with E-state index in [1.165, 1.54) is 19.2 Å². The number of pyridine rings is 1. The number of nitrogens with zero attached hydrogens (tertiary/aromatic N) is 2. The molecule has 1 aromatic carbocycles. The molecule has 0 saturated carbocycles. The number of phenols is 1. The van der Waals surface area contributed by atoms with Gasteiger partial charge >= 0.3 is 0 Å². The van der Waals surface area contributed by atoms with Gasteiger partial charge in [0.05, 0.1) is 13.0 Å². The Kier molecular flexibility index (Phi) is 7.90. The van der Waals surface area contributed by atoms with E-state index in [1.807, 2.05) is 12.3 Å². The third kappa shape index (κ3) is 6.04. The first-order valence-electron chi connectivity index (χ1n) is 11.9. The largest absolute Gasteiger partial charge is 0.504 e. The lowest BCUT2D eigenvalue weighted by molar-refractivity contribution is -0.122. The van der Waals surface area contributed by atoms with E-state index in [1.54, 1.807) is 25.3 Å². The molecule has 1 saturated heterocycles. The SMILES string of the molecule is COc1cc([C@H](CC(=O)NC2CCN(Cc3cccnc3)CC2)c2oc(C)cc(=O)c2O)ccc1O. The summed E-state index contributed by atoms with van der Waals surface area (Å²) in [6, 6.07) is 9.85. The Labute approximate surface area is 209 Å². The second-order valence-corrected chi connectivity index (χ2v) is 9.10. The Bertz CT molecular complexity index is 1250. The van der Waals surface area contributed by atoms with Crippen molar-refractivity contribution in [3.63, 3.8) is 0 Å². The van der Waals surface area contributed by atoms with E-state index in [0.29, 0.717) is 11.3 Å². The normalized spacial score (nSPS) is 15.4. The van der Waals surface area contributed by atoms with Crippen molar-refractivity contribution in [3.05, 3.63) is 81.7 Å². The molecule has 1 atom stereocenters. The van der Waals surface area contributed by atoms with Gasteiger partial charge in [-0.05, 0) is 49.1 Å². The summed E-state index contributed by atoms with van der Waals surface area (Å²) in [5.74, 6) is -1.02. The number of carbonyl (C=O) groups excluding carboxylic acids is 1. The number of aryl methyl sites for hydroxylation is 1. The van der Waals surface area contributed by atoms with E-state index in [4.69, 9.17) is 9.15 Å². The smallest absolute Gasteiger partial charge is 0.227 e. The van der Waals surface area contributed by atoms with Crippen molar-refractivity contribution < 1.29 is 24.2 Å². The Hall–Kier alpha value is -3.85. The maximum Gasteiger partial charge on any atom is 0.227 e. The van der Waals surface area contributed by atoms with Gasteiger partial charge in [-0.2, -0.15) is 0 Å². The number of aromatic nitrogens is 1. The molecule has 0 bridgehead atoms. The molecule has 1 amide bonds. The molecule has 1 aliphatic heterocycles. The number of likely N-dealkylation sites (tertiary alicyclic amines) is 1. The number of amides is 1.